The number of allylic oxidation sites excluding steroid dienone is 4. The van der Waals surface area contributed by atoms with Crippen molar-refractivity contribution in [1.29, 1.82) is 0 Å². The number of hydrogen-bond donors (Lipinski definition) is 1. The van der Waals surface area contributed by atoms with Crippen LogP contribution in [-0.4, -0.2) is 17.3 Å². The minimum Gasteiger partial charge on any atom is -0.299 e. The molecule has 4 rings (SSSR count). The standard InChI is InChI=1S/C20H26O2S/c1-20-11-13(8-9-23)19-15-5-3-14(21)10-12(15)2-4-16(19)17(20)6-7-18(20)22/h10,13,16-17,23H,2-9,11H2,1H3/t13-,16-,17-,20-/m0/s1. The highest BCUT2D eigenvalue weighted by atomic mass is 32.1. The molecule has 0 aromatic heterocycles. The van der Waals surface area contributed by atoms with Crippen LogP contribution in [0.3, 0.4) is 0 Å². The third kappa shape index (κ3) is 2.30. The Bertz CT molecular complexity index is 630. The van der Waals surface area contributed by atoms with Crippen LogP contribution >= 0.6 is 12.6 Å². The van der Waals surface area contributed by atoms with Crippen LogP contribution in [0.1, 0.15) is 58.3 Å². The molecular weight excluding hydrogens is 304 g/mol. The quantitative estimate of drug-likeness (QED) is 0.766. The average Bonchev–Trinajstić information content (AvgIpc) is 2.82. The molecule has 0 N–H and O–H groups in total. The van der Waals surface area contributed by atoms with Gasteiger partial charge < -0.3 is 0 Å². The molecule has 4 aliphatic carbocycles. The number of carbonyl (C=O) groups is 2. The van der Waals surface area contributed by atoms with E-state index < -0.39 is 0 Å². The van der Waals surface area contributed by atoms with Gasteiger partial charge in [0.15, 0.2) is 5.78 Å². The van der Waals surface area contributed by atoms with E-state index in [0.29, 0.717) is 35.7 Å². The molecule has 0 radical (unpaired) electrons. The van der Waals surface area contributed by atoms with E-state index in [4.69, 9.17) is 0 Å². The van der Waals surface area contributed by atoms with Crippen LogP contribution in [0.4, 0.5) is 0 Å². The molecule has 0 bridgehead atoms. The molecule has 0 spiro atoms. The van der Waals surface area contributed by atoms with Crippen molar-refractivity contribution in [2.45, 2.75) is 58.3 Å². The molecule has 0 saturated heterocycles. The number of carbonyl (C=O) groups excluding carboxylic acids is 2. The van der Waals surface area contributed by atoms with E-state index >= 15 is 0 Å². The number of rotatable bonds is 2. The molecule has 2 fully saturated rings. The van der Waals surface area contributed by atoms with Gasteiger partial charge in [0.05, 0.1) is 0 Å². The Morgan fingerprint density at radius 3 is 2.78 bits per heavy atom. The Hall–Kier alpha value is -0.830. The third-order valence-corrected chi connectivity index (χ3v) is 7.29. The summed E-state index contributed by atoms with van der Waals surface area (Å²) < 4.78 is 0. The number of thiol groups is 1. The number of fused-ring (bicyclic) bond motifs is 4. The van der Waals surface area contributed by atoms with E-state index in [1.54, 1.807) is 5.57 Å². The van der Waals surface area contributed by atoms with Crippen LogP contribution in [0.5, 0.6) is 0 Å². The summed E-state index contributed by atoms with van der Waals surface area (Å²) in [4.78, 5) is 24.4. The zero-order chi connectivity index (χ0) is 16.2. The van der Waals surface area contributed by atoms with Gasteiger partial charge in [-0.05, 0) is 79.3 Å². The molecule has 0 aliphatic heterocycles. The Morgan fingerprint density at radius 2 is 2.00 bits per heavy atom. The van der Waals surface area contributed by atoms with Gasteiger partial charge in [0.25, 0.3) is 0 Å². The fourth-order valence-electron chi connectivity index (χ4n) is 6.02. The fraction of sp³-hybridized carbons (Fsp3) is 0.700. The van der Waals surface area contributed by atoms with Crippen molar-refractivity contribution in [2.75, 3.05) is 5.75 Å². The molecule has 0 amide bonds. The largest absolute Gasteiger partial charge is 0.299 e. The Morgan fingerprint density at radius 1 is 1.17 bits per heavy atom. The predicted molar refractivity (Wildman–Crippen MR) is 94.5 cm³/mol. The topological polar surface area (TPSA) is 34.1 Å². The van der Waals surface area contributed by atoms with Crippen molar-refractivity contribution in [3.63, 3.8) is 0 Å². The van der Waals surface area contributed by atoms with Crippen molar-refractivity contribution < 1.29 is 9.59 Å². The third-order valence-electron chi connectivity index (χ3n) is 7.03. The van der Waals surface area contributed by atoms with Gasteiger partial charge in [-0.25, -0.2) is 0 Å². The van der Waals surface area contributed by atoms with E-state index in [-0.39, 0.29) is 5.41 Å². The van der Waals surface area contributed by atoms with Crippen LogP contribution in [0.2, 0.25) is 0 Å². The summed E-state index contributed by atoms with van der Waals surface area (Å²) in [6.07, 6.45) is 9.59. The first-order valence-corrected chi connectivity index (χ1v) is 9.78. The lowest BCUT2D eigenvalue weighted by molar-refractivity contribution is -0.129. The van der Waals surface area contributed by atoms with Gasteiger partial charge in [0.2, 0.25) is 0 Å². The molecule has 0 aromatic carbocycles. The van der Waals surface area contributed by atoms with E-state index in [1.165, 1.54) is 11.1 Å². The fourth-order valence-corrected chi connectivity index (χ4v) is 6.33. The maximum atomic E-state index is 12.6. The first-order chi connectivity index (χ1) is 11.0. The van der Waals surface area contributed by atoms with E-state index in [2.05, 4.69) is 19.6 Å². The van der Waals surface area contributed by atoms with Gasteiger partial charge >= 0.3 is 0 Å². The number of hydrogen-bond acceptors (Lipinski definition) is 3. The van der Waals surface area contributed by atoms with Gasteiger partial charge in [-0.15, -0.1) is 0 Å². The highest BCUT2D eigenvalue weighted by molar-refractivity contribution is 7.80. The zero-order valence-electron chi connectivity index (χ0n) is 13.9. The average molecular weight is 330 g/mol. The lowest BCUT2D eigenvalue weighted by Crippen LogP contribution is -2.44. The monoisotopic (exact) mass is 330 g/mol. The van der Waals surface area contributed by atoms with Crippen molar-refractivity contribution in [3.05, 3.63) is 22.8 Å². The second-order valence-electron chi connectivity index (χ2n) is 8.11. The molecule has 0 aromatic rings. The summed E-state index contributed by atoms with van der Waals surface area (Å²) in [6.45, 7) is 2.23. The summed E-state index contributed by atoms with van der Waals surface area (Å²) in [6, 6.07) is 0. The Balaban J connectivity index is 1.81. The summed E-state index contributed by atoms with van der Waals surface area (Å²) in [5, 5.41) is 0. The van der Waals surface area contributed by atoms with Crippen LogP contribution in [0, 0.1) is 23.2 Å². The molecule has 124 valence electrons. The van der Waals surface area contributed by atoms with Gasteiger partial charge in [0, 0.05) is 18.3 Å². The molecule has 0 heterocycles. The van der Waals surface area contributed by atoms with Crippen molar-refractivity contribution >= 4 is 24.2 Å². The van der Waals surface area contributed by atoms with Gasteiger partial charge in [-0.1, -0.05) is 12.5 Å². The first-order valence-electron chi connectivity index (χ1n) is 9.15. The molecule has 23 heavy (non-hydrogen) atoms. The Kier molecular flexibility index (Phi) is 3.83. The summed E-state index contributed by atoms with van der Waals surface area (Å²) in [5.74, 6) is 3.27. The van der Waals surface area contributed by atoms with Gasteiger partial charge in [-0.3, -0.25) is 9.59 Å². The van der Waals surface area contributed by atoms with Gasteiger partial charge in [0.1, 0.15) is 5.78 Å². The van der Waals surface area contributed by atoms with Crippen LogP contribution in [0.25, 0.3) is 0 Å². The molecule has 0 unspecified atom stereocenters. The minimum atomic E-state index is -0.103. The molecule has 2 nitrogen and oxygen atoms in total. The van der Waals surface area contributed by atoms with Crippen LogP contribution in [-0.2, 0) is 9.59 Å². The Labute approximate surface area is 144 Å². The number of Topliss-reactive ketones (excluding diaryl/α,β-unsaturated/α-hetero) is 1. The highest BCUT2D eigenvalue weighted by Crippen LogP contribution is 2.61. The molecule has 4 atom stereocenters. The van der Waals surface area contributed by atoms with Crippen LogP contribution < -0.4 is 0 Å². The maximum Gasteiger partial charge on any atom is 0.156 e. The lowest BCUT2D eigenvalue weighted by Gasteiger charge is -2.50. The molecule has 4 aliphatic rings. The minimum absolute atomic E-state index is 0.103. The van der Waals surface area contributed by atoms with Crippen molar-refractivity contribution in [2.24, 2.45) is 23.2 Å². The van der Waals surface area contributed by atoms with Crippen molar-refractivity contribution in [3.8, 4) is 0 Å². The van der Waals surface area contributed by atoms with Gasteiger partial charge in [-0.2, -0.15) is 12.6 Å². The summed E-state index contributed by atoms with van der Waals surface area (Å²) in [7, 11) is 0. The van der Waals surface area contributed by atoms with E-state index in [0.717, 1.165) is 50.7 Å². The summed E-state index contributed by atoms with van der Waals surface area (Å²) in [5.41, 5.74) is 4.33. The first kappa shape index (κ1) is 15.7. The normalized spacial score (nSPS) is 39.7. The SMILES string of the molecule is C[C@]12C[C@H](CCS)C3=C4CCC(=O)C=C4CC[C@H]3[C@@H]1CCC2=O. The smallest absolute Gasteiger partial charge is 0.156 e. The lowest BCUT2D eigenvalue weighted by atomic mass is 9.54. The molecule has 2 saturated carbocycles. The molecular formula is C20H26O2S. The van der Waals surface area contributed by atoms with E-state index in [9.17, 15) is 9.59 Å². The highest BCUT2D eigenvalue weighted by Gasteiger charge is 2.55. The second kappa shape index (κ2) is 5.61. The second-order valence-corrected chi connectivity index (χ2v) is 8.56. The molecule has 3 heteroatoms. The van der Waals surface area contributed by atoms with Crippen molar-refractivity contribution in [1.82, 2.24) is 0 Å². The zero-order valence-corrected chi connectivity index (χ0v) is 14.8. The maximum absolute atomic E-state index is 12.6. The van der Waals surface area contributed by atoms with Crippen LogP contribution in [0.15, 0.2) is 22.8 Å². The summed E-state index contributed by atoms with van der Waals surface area (Å²) >= 11 is 4.49. The number of ketones is 2. The van der Waals surface area contributed by atoms with E-state index in [1.807, 2.05) is 6.08 Å². The predicted octanol–water partition coefficient (Wildman–Crippen LogP) is 4.31.